The molecule has 136 valence electrons. The van der Waals surface area contributed by atoms with E-state index in [9.17, 15) is 4.39 Å². The van der Waals surface area contributed by atoms with Gasteiger partial charge in [0, 0.05) is 42.2 Å². The summed E-state index contributed by atoms with van der Waals surface area (Å²) >= 11 is 6.22. The van der Waals surface area contributed by atoms with E-state index >= 15 is 0 Å². The Balaban J connectivity index is 1.80. The molecule has 6 heteroatoms. The normalized spacial score (nSPS) is 16.7. The smallest absolute Gasteiger partial charge is 0.161 e. The maximum atomic E-state index is 14.7. The van der Waals surface area contributed by atoms with Gasteiger partial charge in [0.25, 0.3) is 0 Å². The van der Waals surface area contributed by atoms with Gasteiger partial charge >= 0.3 is 0 Å². The van der Waals surface area contributed by atoms with Crippen LogP contribution in [0.4, 0.5) is 10.1 Å². The summed E-state index contributed by atoms with van der Waals surface area (Å²) in [5, 5.41) is 4.73. The van der Waals surface area contributed by atoms with Crippen molar-refractivity contribution in [3.63, 3.8) is 0 Å². The third-order valence-electron chi connectivity index (χ3n) is 4.41. The lowest BCUT2D eigenvalue weighted by atomic mass is 9.98. The number of nitrogens with zero attached hydrogens (tertiary/aromatic N) is 3. The molecule has 0 radical (unpaired) electrons. The van der Waals surface area contributed by atoms with Crippen LogP contribution >= 0.6 is 11.6 Å². The number of oxime groups is 1. The van der Waals surface area contributed by atoms with Crippen LogP contribution in [0.5, 0.6) is 0 Å². The van der Waals surface area contributed by atoms with Gasteiger partial charge in [0.15, 0.2) is 6.10 Å². The molecule has 1 unspecified atom stereocenters. The second-order valence-corrected chi connectivity index (χ2v) is 6.70. The Morgan fingerprint density at radius 3 is 2.88 bits per heavy atom. The predicted octanol–water partition coefficient (Wildman–Crippen LogP) is 5.26. The fourth-order valence-electron chi connectivity index (χ4n) is 2.72. The second kappa shape index (κ2) is 7.87. The summed E-state index contributed by atoms with van der Waals surface area (Å²) in [6, 6.07) is 10.7. The summed E-state index contributed by atoms with van der Waals surface area (Å²) in [4.78, 5) is 11.8. The van der Waals surface area contributed by atoms with Crippen molar-refractivity contribution in [1.82, 2.24) is 4.90 Å². The van der Waals surface area contributed by atoms with E-state index in [0.29, 0.717) is 22.7 Å². The standard InChI is InChI=1S/C20H21ClFN3O/c1-4-25(3)12-23-18-10-17(22)15(9-13(18)2)20-11-19(24-26-20)14-7-5-6-8-16(14)21/h5-10,12,20H,4,11H2,1-3H3. The molecule has 0 bridgehead atoms. The number of aliphatic imine (C=N–C) groups is 1. The first-order valence-electron chi connectivity index (χ1n) is 8.51. The van der Waals surface area contributed by atoms with E-state index in [1.807, 2.05) is 44.0 Å². The van der Waals surface area contributed by atoms with Crippen LogP contribution in [0.1, 0.15) is 36.1 Å². The van der Waals surface area contributed by atoms with Crippen molar-refractivity contribution in [3.05, 3.63) is 63.9 Å². The number of benzene rings is 2. The molecular formula is C20H21ClFN3O. The van der Waals surface area contributed by atoms with Crippen LogP contribution in [-0.2, 0) is 4.84 Å². The van der Waals surface area contributed by atoms with E-state index < -0.39 is 6.10 Å². The van der Waals surface area contributed by atoms with Gasteiger partial charge in [-0.1, -0.05) is 35.0 Å². The van der Waals surface area contributed by atoms with Crippen molar-refractivity contribution in [1.29, 1.82) is 0 Å². The van der Waals surface area contributed by atoms with Gasteiger partial charge in [-0.2, -0.15) is 0 Å². The largest absolute Gasteiger partial charge is 0.387 e. The SMILES string of the molecule is CCN(C)C=Nc1cc(F)c(C2CC(c3ccccc3Cl)=NO2)cc1C. The molecule has 0 aliphatic carbocycles. The van der Waals surface area contributed by atoms with Crippen molar-refractivity contribution < 1.29 is 9.23 Å². The Morgan fingerprint density at radius 1 is 1.38 bits per heavy atom. The lowest BCUT2D eigenvalue weighted by Gasteiger charge is -2.13. The number of halogens is 2. The van der Waals surface area contributed by atoms with Crippen LogP contribution in [-0.4, -0.2) is 30.5 Å². The Bertz CT molecular complexity index is 866. The summed E-state index contributed by atoms with van der Waals surface area (Å²) in [7, 11) is 1.92. The highest BCUT2D eigenvalue weighted by Crippen LogP contribution is 2.35. The quantitative estimate of drug-likeness (QED) is 0.529. The lowest BCUT2D eigenvalue weighted by molar-refractivity contribution is 0.0829. The number of hydrogen-bond acceptors (Lipinski definition) is 3. The highest BCUT2D eigenvalue weighted by molar-refractivity contribution is 6.34. The third kappa shape index (κ3) is 3.88. The topological polar surface area (TPSA) is 37.2 Å². The summed E-state index contributed by atoms with van der Waals surface area (Å²) in [6.07, 6.45) is 1.71. The Kier molecular flexibility index (Phi) is 5.57. The minimum atomic E-state index is -0.462. The first-order valence-corrected chi connectivity index (χ1v) is 8.89. The molecular weight excluding hydrogens is 353 g/mol. The van der Waals surface area contributed by atoms with Crippen LogP contribution in [0.15, 0.2) is 46.5 Å². The summed E-state index contributed by atoms with van der Waals surface area (Å²) in [6.45, 7) is 4.77. The van der Waals surface area contributed by atoms with Crippen molar-refractivity contribution in [3.8, 4) is 0 Å². The summed E-state index contributed by atoms with van der Waals surface area (Å²) < 4.78 is 14.7. The fraction of sp³-hybridized carbons (Fsp3) is 0.300. The van der Waals surface area contributed by atoms with E-state index in [-0.39, 0.29) is 5.82 Å². The van der Waals surface area contributed by atoms with Gasteiger partial charge in [-0.3, -0.25) is 0 Å². The Labute approximate surface area is 157 Å². The fourth-order valence-corrected chi connectivity index (χ4v) is 2.96. The maximum Gasteiger partial charge on any atom is 0.161 e. The van der Waals surface area contributed by atoms with Crippen LogP contribution in [0, 0.1) is 12.7 Å². The van der Waals surface area contributed by atoms with Gasteiger partial charge in [0.1, 0.15) is 5.82 Å². The molecule has 0 amide bonds. The van der Waals surface area contributed by atoms with Crippen LogP contribution < -0.4 is 0 Å². The predicted molar refractivity (Wildman–Crippen MR) is 104 cm³/mol. The molecule has 3 rings (SSSR count). The van der Waals surface area contributed by atoms with E-state index in [1.165, 1.54) is 6.07 Å². The molecule has 4 nitrogen and oxygen atoms in total. The van der Waals surface area contributed by atoms with E-state index in [0.717, 1.165) is 23.4 Å². The minimum Gasteiger partial charge on any atom is -0.387 e. The van der Waals surface area contributed by atoms with Gasteiger partial charge in [0.2, 0.25) is 0 Å². The molecule has 0 saturated heterocycles. The molecule has 2 aromatic rings. The van der Waals surface area contributed by atoms with Gasteiger partial charge in [-0.25, -0.2) is 9.38 Å². The van der Waals surface area contributed by atoms with Crippen molar-refractivity contribution >= 4 is 29.3 Å². The highest BCUT2D eigenvalue weighted by atomic mass is 35.5. The van der Waals surface area contributed by atoms with E-state index in [2.05, 4.69) is 10.1 Å². The Hall–Kier alpha value is -2.40. The van der Waals surface area contributed by atoms with Crippen LogP contribution in [0.2, 0.25) is 5.02 Å². The maximum absolute atomic E-state index is 14.7. The molecule has 0 spiro atoms. The molecule has 1 aliphatic rings. The molecule has 1 atom stereocenters. The molecule has 0 fully saturated rings. The molecule has 1 heterocycles. The highest BCUT2D eigenvalue weighted by Gasteiger charge is 2.27. The number of rotatable bonds is 5. The molecule has 0 saturated carbocycles. The molecule has 0 aromatic heterocycles. The molecule has 0 N–H and O–H groups in total. The average Bonchev–Trinajstić information content (AvgIpc) is 3.11. The zero-order valence-corrected chi connectivity index (χ0v) is 15.8. The minimum absolute atomic E-state index is 0.345. The Morgan fingerprint density at radius 2 is 2.15 bits per heavy atom. The van der Waals surface area contributed by atoms with Gasteiger partial charge in [-0.05, 0) is 31.5 Å². The zero-order valence-electron chi connectivity index (χ0n) is 15.0. The number of hydrogen-bond donors (Lipinski definition) is 0. The third-order valence-corrected chi connectivity index (χ3v) is 4.74. The van der Waals surface area contributed by atoms with E-state index in [4.69, 9.17) is 16.4 Å². The molecule has 1 aliphatic heterocycles. The van der Waals surface area contributed by atoms with Crippen LogP contribution in [0.3, 0.4) is 0 Å². The molecule has 2 aromatic carbocycles. The van der Waals surface area contributed by atoms with Gasteiger partial charge in [-0.15, -0.1) is 0 Å². The van der Waals surface area contributed by atoms with Crippen LogP contribution in [0.25, 0.3) is 0 Å². The zero-order chi connectivity index (χ0) is 18.7. The second-order valence-electron chi connectivity index (χ2n) is 6.29. The number of aryl methyl sites for hydroxylation is 1. The average molecular weight is 374 g/mol. The van der Waals surface area contributed by atoms with E-state index in [1.54, 1.807) is 18.5 Å². The monoisotopic (exact) mass is 373 g/mol. The summed E-state index contributed by atoms with van der Waals surface area (Å²) in [5.74, 6) is -0.345. The first-order chi connectivity index (χ1) is 12.5. The summed E-state index contributed by atoms with van der Waals surface area (Å²) in [5.41, 5.74) is 3.52. The van der Waals surface area contributed by atoms with Crippen molar-refractivity contribution in [2.75, 3.05) is 13.6 Å². The van der Waals surface area contributed by atoms with Crippen molar-refractivity contribution in [2.45, 2.75) is 26.4 Å². The lowest BCUT2D eigenvalue weighted by Crippen LogP contribution is -2.14. The first kappa shape index (κ1) is 18.4. The van der Waals surface area contributed by atoms with Crippen molar-refractivity contribution in [2.24, 2.45) is 10.1 Å². The van der Waals surface area contributed by atoms with Gasteiger partial charge in [0.05, 0.1) is 17.7 Å². The van der Waals surface area contributed by atoms with Gasteiger partial charge < -0.3 is 9.74 Å². The molecule has 26 heavy (non-hydrogen) atoms.